The average molecular weight is 215 g/mol. The highest BCUT2D eigenvalue weighted by molar-refractivity contribution is 5.57. The first-order valence-corrected chi connectivity index (χ1v) is 4.91. The Labute approximate surface area is 95.6 Å². The minimum Gasteiger partial charge on any atom is -0.493 e. The molecule has 0 radical (unpaired) electrons. The van der Waals surface area contributed by atoms with Gasteiger partial charge >= 0.3 is 0 Å². The Morgan fingerprint density at radius 3 is 2.12 bits per heavy atom. The molecule has 0 aliphatic heterocycles. The van der Waals surface area contributed by atoms with Crippen LogP contribution in [0.15, 0.2) is 12.1 Å². The second-order valence-corrected chi connectivity index (χ2v) is 3.02. The number of benzene rings is 1. The number of nitrogens with zero attached hydrogens (tertiary/aromatic N) is 1. The van der Waals surface area contributed by atoms with Crippen LogP contribution in [-0.4, -0.2) is 14.2 Å². The molecule has 0 saturated heterocycles. The molecule has 0 amide bonds. The summed E-state index contributed by atoms with van der Waals surface area (Å²) in [6.45, 7) is 1.96. The van der Waals surface area contributed by atoms with E-state index in [-0.39, 0.29) is 0 Å². The minimum atomic E-state index is 0.499. The molecule has 0 aliphatic rings. The van der Waals surface area contributed by atoms with Crippen LogP contribution in [0.5, 0.6) is 11.5 Å². The summed E-state index contributed by atoms with van der Waals surface area (Å²) >= 11 is 0. The lowest BCUT2D eigenvalue weighted by Gasteiger charge is -2.08. The smallest absolute Gasteiger partial charge is 0.162 e. The summed E-state index contributed by atoms with van der Waals surface area (Å²) in [4.78, 5) is 0. The van der Waals surface area contributed by atoms with Crippen LogP contribution in [-0.2, 0) is 0 Å². The summed E-state index contributed by atoms with van der Waals surface area (Å²) in [6, 6.07) is 5.45. The van der Waals surface area contributed by atoms with Crippen molar-refractivity contribution in [1.82, 2.24) is 0 Å². The van der Waals surface area contributed by atoms with Crippen LogP contribution in [0, 0.1) is 23.2 Å². The molecule has 0 aliphatic carbocycles. The number of hydrogen-bond acceptors (Lipinski definition) is 3. The van der Waals surface area contributed by atoms with Crippen LogP contribution in [0.25, 0.3) is 0 Å². The zero-order valence-corrected chi connectivity index (χ0v) is 9.63. The highest BCUT2D eigenvalue weighted by atomic mass is 16.5. The molecular weight excluding hydrogens is 202 g/mol. The third kappa shape index (κ3) is 2.46. The van der Waals surface area contributed by atoms with Crippen LogP contribution >= 0.6 is 0 Å². The van der Waals surface area contributed by atoms with E-state index in [2.05, 4.69) is 17.9 Å². The fraction of sp³-hybridized carbons (Fsp3) is 0.308. The largest absolute Gasteiger partial charge is 0.493 e. The Balaban J connectivity index is 3.33. The van der Waals surface area contributed by atoms with Gasteiger partial charge in [0, 0.05) is 24.1 Å². The third-order valence-corrected chi connectivity index (χ3v) is 2.04. The van der Waals surface area contributed by atoms with Crippen molar-refractivity contribution in [2.75, 3.05) is 14.2 Å². The van der Waals surface area contributed by atoms with E-state index in [0.717, 1.165) is 6.42 Å². The van der Waals surface area contributed by atoms with Crippen LogP contribution < -0.4 is 9.47 Å². The summed E-state index contributed by atoms with van der Waals surface area (Å²) in [7, 11) is 3.09. The van der Waals surface area contributed by atoms with E-state index in [1.54, 1.807) is 19.2 Å². The summed E-state index contributed by atoms with van der Waals surface area (Å²) in [5, 5.41) is 8.99. The molecule has 0 aromatic heterocycles. The van der Waals surface area contributed by atoms with E-state index < -0.39 is 0 Å². The Morgan fingerprint density at radius 1 is 1.12 bits per heavy atom. The first-order valence-electron chi connectivity index (χ1n) is 4.91. The highest BCUT2D eigenvalue weighted by Crippen LogP contribution is 2.29. The van der Waals surface area contributed by atoms with Crippen molar-refractivity contribution in [3.8, 4) is 29.4 Å². The summed E-state index contributed by atoms with van der Waals surface area (Å²) < 4.78 is 10.3. The van der Waals surface area contributed by atoms with E-state index in [4.69, 9.17) is 14.7 Å². The van der Waals surface area contributed by atoms with Crippen molar-refractivity contribution >= 4 is 0 Å². The maximum atomic E-state index is 8.99. The standard InChI is InChI=1S/C13H13NO2/c1-4-5-6-10-7-12(15-2)13(16-3)8-11(10)9-14/h7-8H,4H2,1-3H3. The zero-order chi connectivity index (χ0) is 12.0. The lowest BCUT2D eigenvalue weighted by atomic mass is 10.1. The van der Waals surface area contributed by atoms with Crippen LogP contribution in [0.2, 0.25) is 0 Å². The van der Waals surface area contributed by atoms with Crippen LogP contribution in [0.4, 0.5) is 0 Å². The maximum Gasteiger partial charge on any atom is 0.162 e. The van der Waals surface area contributed by atoms with Crippen LogP contribution in [0.3, 0.4) is 0 Å². The van der Waals surface area contributed by atoms with Crippen molar-refractivity contribution in [1.29, 1.82) is 5.26 Å². The maximum absolute atomic E-state index is 8.99. The molecule has 0 bridgehead atoms. The van der Waals surface area contributed by atoms with Gasteiger partial charge in [0.2, 0.25) is 0 Å². The van der Waals surface area contributed by atoms with Gasteiger partial charge in [-0.1, -0.05) is 18.8 Å². The van der Waals surface area contributed by atoms with Crippen molar-refractivity contribution in [3.63, 3.8) is 0 Å². The van der Waals surface area contributed by atoms with E-state index in [1.807, 2.05) is 6.92 Å². The summed E-state index contributed by atoms with van der Waals surface area (Å²) in [5.41, 5.74) is 1.17. The van der Waals surface area contributed by atoms with Gasteiger partial charge in [-0.05, 0) is 0 Å². The normalized spacial score (nSPS) is 8.62. The molecule has 0 unspecified atom stereocenters. The quantitative estimate of drug-likeness (QED) is 0.711. The molecule has 1 rings (SSSR count). The molecule has 3 nitrogen and oxygen atoms in total. The highest BCUT2D eigenvalue weighted by Gasteiger charge is 2.09. The number of nitriles is 1. The van der Waals surface area contributed by atoms with Gasteiger partial charge in [-0.15, -0.1) is 0 Å². The first kappa shape index (κ1) is 11.9. The number of hydrogen-bond donors (Lipinski definition) is 0. The topological polar surface area (TPSA) is 42.2 Å². The number of ether oxygens (including phenoxy) is 2. The predicted octanol–water partition coefficient (Wildman–Crippen LogP) is 2.34. The fourth-order valence-electron chi connectivity index (χ4n) is 1.26. The molecule has 82 valence electrons. The molecule has 1 aromatic carbocycles. The summed E-state index contributed by atoms with van der Waals surface area (Å²) in [5.74, 6) is 6.99. The number of methoxy groups -OCH3 is 2. The zero-order valence-electron chi connectivity index (χ0n) is 9.63. The van der Waals surface area contributed by atoms with E-state index >= 15 is 0 Å². The molecule has 0 spiro atoms. The van der Waals surface area contributed by atoms with Crippen molar-refractivity contribution in [3.05, 3.63) is 23.3 Å². The lowest BCUT2D eigenvalue weighted by molar-refractivity contribution is 0.355. The monoisotopic (exact) mass is 215 g/mol. The fourth-order valence-corrected chi connectivity index (χ4v) is 1.26. The van der Waals surface area contributed by atoms with E-state index in [1.165, 1.54) is 7.11 Å². The Kier molecular flexibility index (Phi) is 4.24. The van der Waals surface area contributed by atoms with Gasteiger partial charge in [0.05, 0.1) is 19.8 Å². The molecule has 0 heterocycles. The second-order valence-electron chi connectivity index (χ2n) is 3.02. The molecule has 3 heteroatoms. The molecular formula is C13H13NO2. The van der Waals surface area contributed by atoms with Gasteiger partial charge in [-0.25, -0.2) is 0 Å². The molecule has 16 heavy (non-hydrogen) atoms. The van der Waals surface area contributed by atoms with Gasteiger partial charge in [0.1, 0.15) is 6.07 Å². The molecule has 0 atom stereocenters. The lowest BCUT2D eigenvalue weighted by Crippen LogP contribution is -1.94. The van der Waals surface area contributed by atoms with Gasteiger partial charge in [-0.3, -0.25) is 0 Å². The van der Waals surface area contributed by atoms with Gasteiger partial charge in [0.15, 0.2) is 11.5 Å². The van der Waals surface area contributed by atoms with Crippen LogP contribution in [0.1, 0.15) is 24.5 Å². The Morgan fingerprint density at radius 2 is 1.69 bits per heavy atom. The van der Waals surface area contributed by atoms with Gasteiger partial charge < -0.3 is 9.47 Å². The predicted molar refractivity (Wildman–Crippen MR) is 61.4 cm³/mol. The molecule has 0 saturated carbocycles. The first-order chi connectivity index (χ1) is 7.76. The molecule has 0 fully saturated rings. The Bertz CT molecular complexity index is 475. The second kappa shape index (κ2) is 5.68. The van der Waals surface area contributed by atoms with E-state index in [9.17, 15) is 0 Å². The van der Waals surface area contributed by atoms with Gasteiger partial charge in [-0.2, -0.15) is 5.26 Å². The average Bonchev–Trinajstić information content (AvgIpc) is 2.35. The van der Waals surface area contributed by atoms with Crippen molar-refractivity contribution in [2.24, 2.45) is 0 Å². The third-order valence-electron chi connectivity index (χ3n) is 2.04. The van der Waals surface area contributed by atoms with E-state index in [0.29, 0.717) is 22.6 Å². The number of rotatable bonds is 2. The molecule has 1 aromatic rings. The van der Waals surface area contributed by atoms with Gasteiger partial charge in [0.25, 0.3) is 0 Å². The minimum absolute atomic E-state index is 0.499. The Hall–Kier alpha value is -2.13. The molecule has 0 N–H and O–H groups in total. The SMILES string of the molecule is CCC#Cc1cc(OC)c(OC)cc1C#N. The van der Waals surface area contributed by atoms with Crippen molar-refractivity contribution < 1.29 is 9.47 Å². The van der Waals surface area contributed by atoms with Crippen molar-refractivity contribution in [2.45, 2.75) is 13.3 Å². The summed E-state index contributed by atoms with van der Waals surface area (Å²) in [6.07, 6.45) is 0.749.